The largest absolute Gasteiger partial charge is 0.389 e. The molecule has 0 aromatic carbocycles. The van der Waals surface area contributed by atoms with Crippen LogP contribution in [0.2, 0.25) is 0 Å². The highest BCUT2D eigenvalue weighted by molar-refractivity contribution is 4.68. The van der Waals surface area contributed by atoms with Gasteiger partial charge in [-0.15, -0.1) is 0 Å². The summed E-state index contributed by atoms with van der Waals surface area (Å²) in [5.74, 6) is 0. The van der Waals surface area contributed by atoms with Crippen molar-refractivity contribution in [3.8, 4) is 0 Å². The third-order valence-electron chi connectivity index (χ3n) is 4.14. The van der Waals surface area contributed by atoms with Crippen LogP contribution in [0.3, 0.4) is 0 Å². The monoisotopic (exact) mass is 348 g/mol. The molecule has 2 rings (SSSR count). The maximum atomic E-state index is 10.1. The van der Waals surface area contributed by atoms with Crippen molar-refractivity contribution in [2.75, 3.05) is 92.1 Å². The van der Waals surface area contributed by atoms with Crippen molar-refractivity contribution >= 4 is 0 Å². The molecule has 0 aromatic rings. The maximum Gasteiger partial charge on any atom is 0.0900 e. The second-order valence-electron chi connectivity index (χ2n) is 6.28. The zero-order valence-corrected chi connectivity index (χ0v) is 14.5. The van der Waals surface area contributed by atoms with Crippen molar-refractivity contribution in [3.05, 3.63) is 0 Å². The highest BCUT2D eigenvalue weighted by atomic mass is 16.5. The highest BCUT2D eigenvalue weighted by Gasteiger charge is 2.17. The molecule has 2 aliphatic rings. The average Bonchev–Trinajstić information content (AvgIpc) is 2.55. The van der Waals surface area contributed by atoms with Crippen molar-refractivity contribution in [2.24, 2.45) is 0 Å². The molecule has 2 aliphatic heterocycles. The van der Waals surface area contributed by atoms with Crippen LogP contribution < -0.4 is 0 Å². The molecule has 142 valence electrons. The number of aliphatic hydroxyl groups excluding tert-OH is 2. The summed E-state index contributed by atoms with van der Waals surface area (Å²) in [6, 6.07) is 0. The molecule has 0 aliphatic carbocycles. The summed E-state index contributed by atoms with van der Waals surface area (Å²) in [5, 5.41) is 20.3. The van der Waals surface area contributed by atoms with E-state index >= 15 is 0 Å². The van der Waals surface area contributed by atoms with Crippen LogP contribution in [-0.4, -0.2) is 124 Å². The molecule has 2 N–H and O–H groups in total. The fraction of sp³-hybridized carbons (Fsp3) is 1.00. The number of hydrogen-bond donors (Lipinski definition) is 2. The zero-order chi connectivity index (χ0) is 17.0. The molecule has 0 amide bonds. The Labute approximate surface area is 144 Å². The van der Waals surface area contributed by atoms with Gasteiger partial charge in [-0.25, -0.2) is 0 Å². The quantitative estimate of drug-likeness (QED) is 0.507. The highest BCUT2D eigenvalue weighted by Crippen LogP contribution is 2.01. The number of nitrogens with zero attached hydrogens (tertiary/aromatic N) is 2. The predicted molar refractivity (Wildman–Crippen MR) is 88.2 cm³/mol. The number of ether oxygens (including phenoxy) is 4. The van der Waals surface area contributed by atoms with Crippen LogP contribution in [-0.2, 0) is 18.9 Å². The molecule has 8 heteroatoms. The van der Waals surface area contributed by atoms with Crippen molar-refractivity contribution in [2.45, 2.75) is 12.2 Å². The molecule has 4 unspecified atom stereocenters. The molecule has 4 atom stereocenters. The Hall–Kier alpha value is -0.320. The van der Waals surface area contributed by atoms with Gasteiger partial charge in [0, 0.05) is 39.3 Å². The third kappa shape index (κ3) is 8.68. The number of fused-ring (bicyclic) bond motifs is 6. The van der Waals surface area contributed by atoms with Crippen molar-refractivity contribution in [1.29, 1.82) is 0 Å². The van der Waals surface area contributed by atoms with Crippen LogP contribution >= 0.6 is 0 Å². The van der Waals surface area contributed by atoms with Gasteiger partial charge in [-0.2, -0.15) is 0 Å². The zero-order valence-electron chi connectivity index (χ0n) is 14.5. The van der Waals surface area contributed by atoms with E-state index in [0.717, 1.165) is 26.2 Å². The molecule has 2 bridgehead atoms. The normalized spacial score (nSPS) is 36.2. The van der Waals surface area contributed by atoms with E-state index in [2.05, 4.69) is 9.80 Å². The number of aliphatic hydroxyl groups is 2. The second kappa shape index (κ2) is 12.1. The van der Waals surface area contributed by atoms with Gasteiger partial charge >= 0.3 is 0 Å². The molecule has 0 radical (unpaired) electrons. The van der Waals surface area contributed by atoms with Gasteiger partial charge in [0.05, 0.1) is 65.1 Å². The first-order valence-corrected chi connectivity index (χ1v) is 8.86. The molecule has 0 aromatic heterocycles. The predicted octanol–water partition coefficient (Wildman–Crippen LogP) is -1.59. The summed E-state index contributed by atoms with van der Waals surface area (Å²) in [4.78, 5) is 4.24. The lowest BCUT2D eigenvalue weighted by atomic mass is 10.3. The summed E-state index contributed by atoms with van der Waals surface area (Å²) in [6.07, 6.45) is -1.18. The van der Waals surface area contributed by atoms with E-state index < -0.39 is 12.2 Å². The van der Waals surface area contributed by atoms with E-state index in [4.69, 9.17) is 18.9 Å². The first-order valence-electron chi connectivity index (χ1n) is 8.86. The summed E-state index contributed by atoms with van der Waals surface area (Å²) in [7, 11) is 0. The van der Waals surface area contributed by atoms with Crippen molar-refractivity contribution in [1.82, 2.24) is 9.80 Å². The minimum atomic E-state index is -0.588. The van der Waals surface area contributed by atoms with Crippen molar-refractivity contribution < 1.29 is 29.2 Å². The van der Waals surface area contributed by atoms with E-state index in [0.29, 0.717) is 52.7 Å². The van der Waals surface area contributed by atoms with E-state index in [9.17, 15) is 10.2 Å². The van der Waals surface area contributed by atoms with Crippen LogP contribution in [0, 0.1) is 0 Å². The molecule has 2 saturated heterocycles. The lowest BCUT2D eigenvalue weighted by molar-refractivity contribution is -0.0361. The third-order valence-corrected chi connectivity index (χ3v) is 4.14. The number of hydrogen-bond acceptors (Lipinski definition) is 8. The average molecular weight is 348 g/mol. The van der Waals surface area contributed by atoms with Gasteiger partial charge in [0.15, 0.2) is 0 Å². The molecule has 2 fully saturated rings. The van der Waals surface area contributed by atoms with E-state index in [1.54, 1.807) is 0 Å². The van der Waals surface area contributed by atoms with E-state index in [1.165, 1.54) is 0 Å². The molecule has 2 heterocycles. The standard InChI is InChI=1S/C16H32N2O6/c19-15-11-17-1-5-21-6-2-18(12-16(20)14-24-13-15)4-8-23-10-9-22-7-3-17/h15-16,19-20H,1-14H2. The Morgan fingerprint density at radius 1 is 0.542 bits per heavy atom. The topological polar surface area (TPSA) is 83.9 Å². The minimum Gasteiger partial charge on any atom is -0.389 e. The van der Waals surface area contributed by atoms with Crippen LogP contribution in [0.4, 0.5) is 0 Å². The molecule has 8 nitrogen and oxygen atoms in total. The van der Waals surface area contributed by atoms with Crippen LogP contribution in [0.25, 0.3) is 0 Å². The molecule has 24 heavy (non-hydrogen) atoms. The molecule has 0 saturated carbocycles. The van der Waals surface area contributed by atoms with Gasteiger partial charge in [-0.05, 0) is 0 Å². The smallest absolute Gasteiger partial charge is 0.0900 e. The Morgan fingerprint density at radius 2 is 0.917 bits per heavy atom. The van der Waals surface area contributed by atoms with Gasteiger partial charge < -0.3 is 29.2 Å². The Kier molecular flexibility index (Phi) is 10.1. The van der Waals surface area contributed by atoms with Gasteiger partial charge in [-0.1, -0.05) is 0 Å². The van der Waals surface area contributed by atoms with E-state index in [1.807, 2.05) is 0 Å². The summed E-state index contributed by atoms with van der Waals surface area (Å²) >= 11 is 0. The Bertz CT molecular complexity index is 295. The van der Waals surface area contributed by atoms with Crippen LogP contribution in [0.15, 0.2) is 0 Å². The molecular weight excluding hydrogens is 316 g/mol. The molecule has 0 spiro atoms. The minimum absolute atomic E-state index is 0.221. The lowest BCUT2D eigenvalue weighted by Gasteiger charge is -2.27. The fourth-order valence-corrected chi connectivity index (χ4v) is 2.83. The first kappa shape index (κ1) is 20.0. The van der Waals surface area contributed by atoms with Crippen LogP contribution in [0.5, 0.6) is 0 Å². The number of rotatable bonds is 0. The van der Waals surface area contributed by atoms with Gasteiger partial charge in [0.1, 0.15) is 0 Å². The van der Waals surface area contributed by atoms with Gasteiger partial charge in [0.2, 0.25) is 0 Å². The summed E-state index contributed by atoms with van der Waals surface area (Å²) in [5.41, 5.74) is 0. The Morgan fingerprint density at radius 3 is 1.33 bits per heavy atom. The Balaban J connectivity index is 1.98. The summed E-state index contributed by atoms with van der Waals surface area (Å²) in [6.45, 7) is 7.97. The fourth-order valence-electron chi connectivity index (χ4n) is 2.83. The molecular formula is C16H32N2O6. The van der Waals surface area contributed by atoms with Gasteiger partial charge in [0.25, 0.3) is 0 Å². The first-order chi connectivity index (χ1) is 11.7. The van der Waals surface area contributed by atoms with Crippen LogP contribution in [0.1, 0.15) is 0 Å². The maximum absolute atomic E-state index is 10.1. The second-order valence-corrected chi connectivity index (χ2v) is 6.28. The SMILES string of the molecule is OC1COCC(O)CN2CCOCCOCCN(CCOCC2)C1. The van der Waals surface area contributed by atoms with Gasteiger partial charge in [-0.3, -0.25) is 9.80 Å². The van der Waals surface area contributed by atoms with E-state index in [-0.39, 0.29) is 13.2 Å². The summed E-state index contributed by atoms with van der Waals surface area (Å²) < 4.78 is 22.4. The lowest BCUT2D eigenvalue weighted by Crippen LogP contribution is -2.42. The van der Waals surface area contributed by atoms with Crippen molar-refractivity contribution in [3.63, 3.8) is 0 Å².